The van der Waals surface area contributed by atoms with Crippen LogP contribution >= 0.6 is 0 Å². The number of halogens is 2. The molecule has 1 fully saturated rings. The Kier molecular flexibility index (Phi) is 3.82. The molecule has 0 aliphatic carbocycles. The molecule has 0 bridgehead atoms. The van der Waals surface area contributed by atoms with Crippen LogP contribution in [0.15, 0.2) is 12.1 Å². The fourth-order valence-corrected chi connectivity index (χ4v) is 2.49. The molecule has 0 amide bonds. The number of aliphatic carboxylic acids is 1. The van der Waals surface area contributed by atoms with Crippen LogP contribution < -0.4 is 4.90 Å². The maximum absolute atomic E-state index is 13.9. The van der Waals surface area contributed by atoms with Crippen LogP contribution in [0.1, 0.15) is 19.3 Å². The summed E-state index contributed by atoms with van der Waals surface area (Å²) in [6, 6.07) is 1.02. The van der Waals surface area contributed by atoms with E-state index in [1.165, 1.54) is 4.90 Å². The lowest BCUT2D eigenvalue weighted by atomic mass is 10.1. The highest BCUT2D eigenvalue weighted by Crippen LogP contribution is 2.37. The average molecular weight is 286 g/mol. The third-order valence-electron chi connectivity index (χ3n) is 3.32. The summed E-state index contributed by atoms with van der Waals surface area (Å²) < 4.78 is 27.2. The van der Waals surface area contributed by atoms with E-state index in [4.69, 9.17) is 5.11 Å². The number of nitro benzene ring substituents is 1. The van der Waals surface area contributed by atoms with Crippen molar-refractivity contribution in [2.45, 2.75) is 25.3 Å². The highest BCUT2D eigenvalue weighted by Gasteiger charge is 2.34. The molecule has 1 aliphatic heterocycles. The lowest BCUT2D eigenvalue weighted by Gasteiger charge is -2.25. The number of rotatable bonds is 4. The van der Waals surface area contributed by atoms with E-state index >= 15 is 0 Å². The Hall–Kier alpha value is -2.25. The molecule has 1 aromatic carbocycles. The first kappa shape index (κ1) is 14.2. The number of nitrogens with zero attached hydrogens (tertiary/aromatic N) is 2. The Bertz CT molecular complexity index is 565. The summed E-state index contributed by atoms with van der Waals surface area (Å²) in [7, 11) is 0. The Morgan fingerprint density at radius 3 is 2.80 bits per heavy atom. The standard InChI is InChI=1S/C12H12F2N2O4/c13-8-3-4-9(16(19)20)12(11(8)14)15-5-1-2-7(15)6-10(17)18/h3-4,7H,1-2,5-6H2,(H,17,18). The number of hydrogen-bond acceptors (Lipinski definition) is 4. The Morgan fingerprint density at radius 2 is 2.20 bits per heavy atom. The molecule has 8 heteroatoms. The maximum Gasteiger partial charge on any atom is 0.305 e. The van der Waals surface area contributed by atoms with Crippen molar-refractivity contribution in [1.82, 2.24) is 0 Å². The molecule has 0 spiro atoms. The number of carbonyl (C=O) groups is 1. The molecule has 2 rings (SSSR count). The smallest absolute Gasteiger partial charge is 0.305 e. The van der Waals surface area contributed by atoms with Crippen molar-refractivity contribution in [3.63, 3.8) is 0 Å². The predicted octanol–water partition coefficient (Wildman–Crippen LogP) is 2.32. The minimum Gasteiger partial charge on any atom is -0.481 e. The monoisotopic (exact) mass is 286 g/mol. The van der Waals surface area contributed by atoms with Gasteiger partial charge in [0.1, 0.15) is 0 Å². The molecule has 1 saturated heterocycles. The average Bonchev–Trinajstić information content (AvgIpc) is 2.79. The lowest BCUT2D eigenvalue weighted by Crippen LogP contribution is -2.32. The van der Waals surface area contributed by atoms with Gasteiger partial charge in [-0.05, 0) is 18.9 Å². The third-order valence-corrected chi connectivity index (χ3v) is 3.32. The molecule has 0 radical (unpaired) electrons. The summed E-state index contributed by atoms with van der Waals surface area (Å²) in [5.41, 5.74) is -1.01. The molecule has 108 valence electrons. The van der Waals surface area contributed by atoms with Gasteiger partial charge in [0.05, 0.1) is 11.3 Å². The van der Waals surface area contributed by atoms with E-state index in [-0.39, 0.29) is 13.0 Å². The highest BCUT2D eigenvalue weighted by atomic mass is 19.2. The molecule has 20 heavy (non-hydrogen) atoms. The molecular weight excluding hydrogens is 274 g/mol. The van der Waals surface area contributed by atoms with Gasteiger partial charge in [0.15, 0.2) is 17.3 Å². The molecule has 6 nitrogen and oxygen atoms in total. The zero-order valence-corrected chi connectivity index (χ0v) is 10.4. The zero-order chi connectivity index (χ0) is 14.9. The van der Waals surface area contributed by atoms with Gasteiger partial charge in [0, 0.05) is 18.7 Å². The normalized spacial score (nSPS) is 18.3. The summed E-state index contributed by atoms with van der Waals surface area (Å²) in [5.74, 6) is -3.58. The molecule has 1 unspecified atom stereocenters. The Morgan fingerprint density at radius 1 is 1.50 bits per heavy atom. The second-order valence-electron chi connectivity index (χ2n) is 4.57. The maximum atomic E-state index is 13.9. The van der Waals surface area contributed by atoms with E-state index in [2.05, 4.69) is 0 Å². The van der Waals surface area contributed by atoms with Crippen LogP contribution in [0, 0.1) is 21.7 Å². The SMILES string of the molecule is O=C(O)CC1CCCN1c1c([N+](=O)[O-])ccc(F)c1F. The molecule has 0 aromatic heterocycles. The first-order valence-corrected chi connectivity index (χ1v) is 6.02. The summed E-state index contributed by atoms with van der Waals surface area (Å²) in [6.07, 6.45) is 0.775. The van der Waals surface area contributed by atoms with Crippen molar-refractivity contribution in [3.8, 4) is 0 Å². The highest BCUT2D eigenvalue weighted by molar-refractivity contribution is 5.71. The van der Waals surface area contributed by atoms with E-state index in [1.54, 1.807) is 0 Å². The third kappa shape index (κ3) is 2.54. The molecule has 1 heterocycles. The Balaban J connectivity index is 2.47. The molecular formula is C12H12F2N2O4. The van der Waals surface area contributed by atoms with Gasteiger partial charge >= 0.3 is 5.97 Å². The summed E-state index contributed by atoms with van der Waals surface area (Å²) in [5, 5.41) is 19.8. The first-order chi connectivity index (χ1) is 9.41. The number of benzene rings is 1. The van der Waals surface area contributed by atoms with Crippen LogP contribution in [0.3, 0.4) is 0 Å². The van der Waals surface area contributed by atoms with E-state index in [0.29, 0.717) is 18.9 Å². The van der Waals surface area contributed by atoms with Crippen LogP contribution in [0.4, 0.5) is 20.2 Å². The van der Waals surface area contributed by atoms with Crippen LogP contribution in [0.25, 0.3) is 0 Å². The van der Waals surface area contributed by atoms with Crippen molar-refractivity contribution in [1.29, 1.82) is 0 Å². The predicted molar refractivity (Wildman–Crippen MR) is 65.6 cm³/mol. The van der Waals surface area contributed by atoms with Gasteiger partial charge in [-0.15, -0.1) is 0 Å². The van der Waals surface area contributed by atoms with Crippen molar-refractivity contribution in [3.05, 3.63) is 33.9 Å². The fourth-order valence-electron chi connectivity index (χ4n) is 2.49. The summed E-state index contributed by atoms with van der Waals surface area (Å²) in [6.45, 7) is 0.263. The molecule has 1 aromatic rings. The van der Waals surface area contributed by atoms with Gasteiger partial charge < -0.3 is 10.0 Å². The van der Waals surface area contributed by atoms with E-state index in [0.717, 1.165) is 6.07 Å². The second-order valence-corrected chi connectivity index (χ2v) is 4.57. The minimum absolute atomic E-state index is 0.263. The topological polar surface area (TPSA) is 83.7 Å². The number of carboxylic acids is 1. The van der Waals surface area contributed by atoms with E-state index in [1.807, 2.05) is 0 Å². The zero-order valence-electron chi connectivity index (χ0n) is 10.4. The number of hydrogen-bond donors (Lipinski definition) is 1. The number of carboxylic acid groups (broad SMARTS) is 1. The van der Waals surface area contributed by atoms with Crippen molar-refractivity contribution >= 4 is 17.3 Å². The minimum atomic E-state index is -1.31. The van der Waals surface area contributed by atoms with Crippen LogP contribution in [0.5, 0.6) is 0 Å². The largest absolute Gasteiger partial charge is 0.481 e. The lowest BCUT2D eigenvalue weighted by molar-refractivity contribution is -0.384. The van der Waals surface area contributed by atoms with Crippen LogP contribution in [-0.4, -0.2) is 28.6 Å². The molecule has 0 saturated carbocycles. The van der Waals surface area contributed by atoms with Gasteiger partial charge in [0.25, 0.3) is 5.69 Å². The first-order valence-electron chi connectivity index (χ1n) is 6.02. The van der Waals surface area contributed by atoms with Crippen molar-refractivity contribution < 1.29 is 23.6 Å². The van der Waals surface area contributed by atoms with Gasteiger partial charge in [-0.2, -0.15) is 0 Å². The van der Waals surface area contributed by atoms with Gasteiger partial charge in [-0.1, -0.05) is 0 Å². The van der Waals surface area contributed by atoms with Gasteiger partial charge in [-0.25, -0.2) is 8.78 Å². The second kappa shape index (κ2) is 5.40. The van der Waals surface area contributed by atoms with Crippen molar-refractivity contribution in [2.75, 3.05) is 11.4 Å². The van der Waals surface area contributed by atoms with Crippen LogP contribution in [0.2, 0.25) is 0 Å². The van der Waals surface area contributed by atoms with Crippen molar-refractivity contribution in [2.24, 2.45) is 0 Å². The summed E-state index contributed by atoms with van der Waals surface area (Å²) >= 11 is 0. The Labute approximate surface area is 112 Å². The van der Waals surface area contributed by atoms with Gasteiger partial charge in [0.2, 0.25) is 0 Å². The molecule has 1 aliphatic rings. The van der Waals surface area contributed by atoms with E-state index in [9.17, 15) is 23.7 Å². The van der Waals surface area contributed by atoms with Crippen LogP contribution in [-0.2, 0) is 4.79 Å². The number of nitro groups is 1. The fraction of sp³-hybridized carbons (Fsp3) is 0.417. The summed E-state index contributed by atoms with van der Waals surface area (Å²) in [4.78, 5) is 22.2. The van der Waals surface area contributed by atoms with Gasteiger partial charge in [-0.3, -0.25) is 14.9 Å². The number of anilines is 1. The molecule has 1 N–H and O–H groups in total. The quantitative estimate of drug-likeness (QED) is 0.678. The van der Waals surface area contributed by atoms with E-state index < -0.39 is 39.9 Å². The molecule has 1 atom stereocenters.